The summed E-state index contributed by atoms with van der Waals surface area (Å²) in [7, 11) is -3.49. The van der Waals surface area contributed by atoms with E-state index < -0.39 is 9.84 Å². The van der Waals surface area contributed by atoms with Gasteiger partial charge < -0.3 is 0 Å². The highest BCUT2D eigenvalue weighted by Gasteiger charge is 2.21. The van der Waals surface area contributed by atoms with E-state index in [1.54, 1.807) is 42.5 Å². The van der Waals surface area contributed by atoms with Gasteiger partial charge in [-0.1, -0.05) is 64.5 Å². The van der Waals surface area contributed by atoms with E-state index in [9.17, 15) is 8.42 Å². The van der Waals surface area contributed by atoms with Gasteiger partial charge in [0.15, 0.2) is 0 Å². The molecule has 0 spiro atoms. The minimum absolute atomic E-state index is 0.259. The number of hydrogen-bond acceptors (Lipinski definition) is 2. The second-order valence-corrected chi connectivity index (χ2v) is 6.03. The molecule has 0 aliphatic carbocycles. The van der Waals surface area contributed by atoms with Crippen molar-refractivity contribution in [3.8, 4) is 0 Å². The maximum atomic E-state index is 12.5. The Labute approximate surface area is 115 Å². The number of hydrogen-bond donors (Lipinski definition) is 0. The molecule has 0 fully saturated rings. The zero-order chi connectivity index (χ0) is 13.0. The van der Waals surface area contributed by atoms with E-state index in [1.165, 1.54) is 4.99 Å². The van der Waals surface area contributed by atoms with Crippen LogP contribution in [0, 0.1) is 0 Å². The van der Waals surface area contributed by atoms with Gasteiger partial charge >= 0.3 is 0 Å². The van der Waals surface area contributed by atoms with Crippen LogP contribution in [0.3, 0.4) is 0 Å². The van der Waals surface area contributed by atoms with Gasteiger partial charge in [0, 0.05) is 4.99 Å². The molecular formula is C14H11BrO2S. The molecule has 0 unspecified atom stereocenters. The van der Waals surface area contributed by atoms with Crippen molar-refractivity contribution in [2.75, 3.05) is 0 Å². The van der Waals surface area contributed by atoms with Gasteiger partial charge in [0.25, 0.3) is 0 Å². The Hall–Kier alpha value is -1.39. The van der Waals surface area contributed by atoms with Gasteiger partial charge in [-0.25, -0.2) is 8.42 Å². The van der Waals surface area contributed by atoms with E-state index in [0.717, 1.165) is 0 Å². The van der Waals surface area contributed by atoms with E-state index in [1.807, 2.05) is 18.2 Å². The second-order valence-electron chi connectivity index (χ2n) is 3.66. The normalized spacial score (nSPS) is 12.4. The summed E-state index contributed by atoms with van der Waals surface area (Å²) in [5, 5.41) is 0. The highest BCUT2D eigenvalue weighted by Crippen LogP contribution is 2.28. The van der Waals surface area contributed by atoms with E-state index in [0.29, 0.717) is 10.5 Å². The Morgan fingerprint density at radius 2 is 1.39 bits per heavy atom. The number of benzene rings is 2. The first-order chi connectivity index (χ1) is 8.66. The third-order valence-electron chi connectivity index (χ3n) is 2.50. The van der Waals surface area contributed by atoms with Crippen LogP contribution in [0.15, 0.2) is 70.5 Å². The number of halogens is 1. The topological polar surface area (TPSA) is 34.1 Å². The summed E-state index contributed by atoms with van der Waals surface area (Å²) >= 11 is 3.14. The molecule has 0 aliphatic heterocycles. The lowest BCUT2D eigenvalue weighted by molar-refractivity contribution is 0.606. The lowest BCUT2D eigenvalue weighted by Crippen LogP contribution is -2.03. The highest BCUT2D eigenvalue weighted by molar-refractivity contribution is 9.11. The van der Waals surface area contributed by atoms with E-state index >= 15 is 0 Å². The first kappa shape index (κ1) is 13.1. The van der Waals surface area contributed by atoms with Gasteiger partial charge in [0.05, 0.1) is 9.80 Å². The number of rotatable bonds is 3. The zero-order valence-corrected chi connectivity index (χ0v) is 11.9. The molecule has 92 valence electrons. The van der Waals surface area contributed by atoms with Gasteiger partial charge in [0.1, 0.15) is 0 Å². The summed E-state index contributed by atoms with van der Waals surface area (Å²) in [6.45, 7) is 0. The lowest BCUT2D eigenvalue weighted by atomic mass is 10.2. The second kappa shape index (κ2) is 5.50. The van der Waals surface area contributed by atoms with Crippen LogP contribution in [0.2, 0.25) is 0 Å². The fourth-order valence-corrected chi connectivity index (χ4v) is 3.94. The predicted molar refractivity (Wildman–Crippen MR) is 77.0 cm³/mol. The smallest absolute Gasteiger partial charge is 0.207 e. The van der Waals surface area contributed by atoms with Crippen molar-refractivity contribution < 1.29 is 8.42 Å². The van der Waals surface area contributed by atoms with Crippen molar-refractivity contribution >= 4 is 30.7 Å². The van der Waals surface area contributed by atoms with Gasteiger partial charge in [-0.3, -0.25) is 0 Å². The third-order valence-corrected chi connectivity index (χ3v) is 5.09. The summed E-state index contributed by atoms with van der Waals surface area (Å²) in [5.74, 6) is 0. The van der Waals surface area contributed by atoms with Gasteiger partial charge in [-0.05, 0) is 17.7 Å². The SMILES string of the molecule is O=S(=O)(/C(=C\Br)c1ccccc1)c1ccccc1. The standard InChI is InChI=1S/C14H11BrO2S/c15-11-14(12-7-3-1-4-8-12)18(16,17)13-9-5-2-6-10-13/h1-11H/b14-11-. The monoisotopic (exact) mass is 322 g/mol. The molecule has 0 aromatic heterocycles. The first-order valence-electron chi connectivity index (χ1n) is 5.32. The fraction of sp³-hybridized carbons (Fsp3) is 0. The molecule has 4 heteroatoms. The van der Waals surface area contributed by atoms with E-state index in [2.05, 4.69) is 15.9 Å². The molecule has 0 saturated carbocycles. The first-order valence-corrected chi connectivity index (χ1v) is 7.72. The van der Waals surface area contributed by atoms with Crippen LogP contribution in [0.5, 0.6) is 0 Å². The Kier molecular flexibility index (Phi) is 3.99. The van der Waals surface area contributed by atoms with Crippen LogP contribution in [0.1, 0.15) is 5.56 Å². The summed E-state index contributed by atoms with van der Waals surface area (Å²) in [5.41, 5.74) is 0.665. The molecule has 18 heavy (non-hydrogen) atoms. The van der Waals surface area contributed by atoms with Crippen molar-refractivity contribution in [2.45, 2.75) is 4.90 Å². The molecule has 0 N–H and O–H groups in total. The largest absolute Gasteiger partial charge is 0.218 e. The van der Waals surface area contributed by atoms with Crippen LogP contribution in [-0.4, -0.2) is 8.42 Å². The molecule has 0 amide bonds. The van der Waals surface area contributed by atoms with Gasteiger partial charge in [0.2, 0.25) is 9.84 Å². The lowest BCUT2D eigenvalue weighted by Gasteiger charge is -2.08. The maximum Gasteiger partial charge on any atom is 0.207 e. The number of sulfone groups is 1. The van der Waals surface area contributed by atoms with Crippen LogP contribution in [-0.2, 0) is 9.84 Å². The average Bonchev–Trinajstić information content (AvgIpc) is 2.41. The summed E-state index contributed by atoms with van der Waals surface area (Å²) in [4.78, 5) is 2.00. The summed E-state index contributed by atoms with van der Waals surface area (Å²) < 4.78 is 24.9. The minimum Gasteiger partial charge on any atom is -0.218 e. The summed E-state index contributed by atoms with van der Waals surface area (Å²) in [6.07, 6.45) is 0. The van der Waals surface area contributed by atoms with Crippen LogP contribution in [0.4, 0.5) is 0 Å². The van der Waals surface area contributed by atoms with Crippen LogP contribution >= 0.6 is 15.9 Å². The van der Waals surface area contributed by atoms with Gasteiger partial charge in [-0.2, -0.15) is 0 Å². The Morgan fingerprint density at radius 1 is 0.889 bits per heavy atom. The highest BCUT2D eigenvalue weighted by atomic mass is 79.9. The Morgan fingerprint density at radius 3 is 1.89 bits per heavy atom. The summed E-state index contributed by atoms with van der Waals surface area (Å²) in [6, 6.07) is 17.4. The van der Waals surface area contributed by atoms with Crippen LogP contribution < -0.4 is 0 Å². The molecule has 0 aliphatic rings. The molecule has 2 aromatic rings. The van der Waals surface area contributed by atoms with Gasteiger partial charge in [-0.15, -0.1) is 0 Å². The van der Waals surface area contributed by atoms with Crippen molar-refractivity contribution in [1.82, 2.24) is 0 Å². The quantitative estimate of drug-likeness (QED) is 0.860. The molecule has 0 heterocycles. The molecule has 2 nitrogen and oxygen atoms in total. The molecule has 2 aromatic carbocycles. The molecule has 0 radical (unpaired) electrons. The van der Waals surface area contributed by atoms with Crippen molar-refractivity contribution in [3.63, 3.8) is 0 Å². The van der Waals surface area contributed by atoms with E-state index in [-0.39, 0.29) is 4.91 Å². The van der Waals surface area contributed by atoms with Crippen molar-refractivity contribution in [1.29, 1.82) is 0 Å². The minimum atomic E-state index is -3.49. The third kappa shape index (κ3) is 2.54. The van der Waals surface area contributed by atoms with E-state index in [4.69, 9.17) is 0 Å². The molecule has 0 saturated heterocycles. The molecule has 0 atom stereocenters. The predicted octanol–water partition coefficient (Wildman–Crippen LogP) is 3.85. The average molecular weight is 323 g/mol. The van der Waals surface area contributed by atoms with Crippen molar-refractivity contribution in [2.24, 2.45) is 0 Å². The molecular weight excluding hydrogens is 312 g/mol. The van der Waals surface area contributed by atoms with Crippen LogP contribution in [0.25, 0.3) is 4.91 Å². The molecule has 0 bridgehead atoms. The molecule has 2 rings (SSSR count). The zero-order valence-electron chi connectivity index (χ0n) is 9.45. The van der Waals surface area contributed by atoms with Crippen molar-refractivity contribution in [3.05, 3.63) is 71.2 Å². The Balaban J connectivity index is 2.54. The Bertz CT molecular complexity index is 647. The fourth-order valence-electron chi connectivity index (χ4n) is 1.61. The maximum absolute atomic E-state index is 12.5.